The van der Waals surface area contributed by atoms with Gasteiger partial charge in [-0.15, -0.1) is 24.2 Å². The molecule has 2 N–H and O–H groups in total. The van der Waals surface area contributed by atoms with Crippen molar-refractivity contribution in [2.24, 2.45) is 0 Å². The maximum atomic E-state index is 11.9. The Labute approximate surface area is 143 Å². The van der Waals surface area contributed by atoms with Crippen LogP contribution < -0.4 is 15.5 Å². The van der Waals surface area contributed by atoms with E-state index in [-0.39, 0.29) is 23.1 Å². The number of halogens is 1. The molecular formula is C15H25ClN4OS. The van der Waals surface area contributed by atoms with Crippen LogP contribution in [0.3, 0.4) is 0 Å². The molecule has 0 radical (unpaired) electrons. The molecule has 0 atom stereocenters. The van der Waals surface area contributed by atoms with E-state index < -0.39 is 0 Å². The summed E-state index contributed by atoms with van der Waals surface area (Å²) >= 11 is 1.63. The molecule has 0 saturated carbocycles. The standard InChI is InChI=1S/C15H24N4OS.ClH/c1-15(2,3)21-11-14(20)18-13-5-4-12(10-17-13)19-8-6-16-7-9-19;/h4-5,10,16H,6-9,11H2,1-3H3,(H,17,18,20);1H. The van der Waals surface area contributed by atoms with Crippen molar-refractivity contribution >= 4 is 41.6 Å². The van der Waals surface area contributed by atoms with Gasteiger partial charge in [0.05, 0.1) is 17.6 Å². The fourth-order valence-corrected chi connectivity index (χ4v) is 2.67. The van der Waals surface area contributed by atoms with Crippen molar-refractivity contribution in [1.29, 1.82) is 0 Å². The highest BCUT2D eigenvalue weighted by molar-refractivity contribution is 8.01. The molecule has 0 aliphatic carbocycles. The average Bonchev–Trinajstić information content (AvgIpc) is 2.46. The van der Waals surface area contributed by atoms with Crippen LogP contribution in [0.1, 0.15) is 20.8 Å². The van der Waals surface area contributed by atoms with Crippen LogP contribution in [0.25, 0.3) is 0 Å². The van der Waals surface area contributed by atoms with Gasteiger partial charge in [0.2, 0.25) is 5.91 Å². The Morgan fingerprint density at radius 3 is 2.59 bits per heavy atom. The molecule has 2 heterocycles. The zero-order valence-corrected chi connectivity index (χ0v) is 15.0. The molecule has 0 bridgehead atoms. The zero-order valence-electron chi connectivity index (χ0n) is 13.4. The van der Waals surface area contributed by atoms with E-state index in [4.69, 9.17) is 0 Å². The maximum Gasteiger partial charge on any atom is 0.235 e. The minimum Gasteiger partial charge on any atom is -0.368 e. The number of hydrogen-bond acceptors (Lipinski definition) is 5. The lowest BCUT2D eigenvalue weighted by Gasteiger charge is -2.29. The molecule has 1 fully saturated rings. The van der Waals surface area contributed by atoms with Crippen LogP contribution in [0.4, 0.5) is 11.5 Å². The van der Waals surface area contributed by atoms with Crippen molar-refractivity contribution in [1.82, 2.24) is 10.3 Å². The van der Waals surface area contributed by atoms with Gasteiger partial charge in [-0.3, -0.25) is 4.79 Å². The minimum atomic E-state index is -0.00246. The Bertz CT molecular complexity index is 469. The number of amides is 1. The van der Waals surface area contributed by atoms with Gasteiger partial charge < -0.3 is 15.5 Å². The van der Waals surface area contributed by atoms with Gasteiger partial charge in [-0.2, -0.15) is 0 Å². The van der Waals surface area contributed by atoms with Gasteiger partial charge >= 0.3 is 0 Å². The smallest absolute Gasteiger partial charge is 0.235 e. The molecule has 0 unspecified atom stereocenters. The van der Waals surface area contributed by atoms with Crippen molar-refractivity contribution in [2.45, 2.75) is 25.5 Å². The number of carbonyl (C=O) groups excluding carboxylic acids is 1. The third kappa shape index (κ3) is 6.42. The molecule has 0 aromatic carbocycles. The molecule has 7 heteroatoms. The van der Waals surface area contributed by atoms with Gasteiger partial charge in [-0.25, -0.2) is 4.98 Å². The van der Waals surface area contributed by atoms with Crippen molar-refractivity contribution in [2.75, 3.05) is 42.1 Å². The first kappa shape index (κ1) is 19.1. The van der Waals surface area contributed by atoms with Crippen LogP contribution in [0.2, 0.25) is 0 Å². The van der Waals surface area contributed by atoms with Gasteiger partial charge in [-0.1, -0.05) is 20.8 Å². The van der Waals surface area contributed by atoms with Crippen molar-refractivity contribution in [3.05, 3.63) is 18.3 Å². The summed E-state index contributed by atoms with van der Waals surface area (Å²) in [7, 11) is 0. The van der Waals surface area contributed by atoms with Crippen LogP contribution in [-0.2, 0) is 4.79 Å². The second-order valence-corrected chi connectivity index (χ2v) is 7.89. The monoisotopic (exact) mass is 344 g/mol. The molecule has 2 rings (SSSR count). The van der Waals surface area contributed by atoms with E-state index in [1.165, 1.54) is 0 Å². The van der Waals surface area contributed by atoms with E-state index in [1.54, 1.807) is 11.8 Å². The number of anilines is 2. The van der Waals surface area contributed by atoms with E-state index in [1.807, 2.05) is 18.3 Å². The van der Waals surface area contributed by atoms with Crippen LogP contribution in [-0.4, -0.2) is 47.6 Å². The van der Waals surface area contributed by atoms with Crippen LogP contribution in [0, 0.1) is 0 Å². The summed E-state index contributed by atoms with van der Waals surface area (Å²) in [6.07, 6.45) is 1.83. The van der Waals surface area contributed by atoms with Gasteiger partial charge in [0.1, 0.15) is 5.82 Å². The number of nitrogens with zero attached hydrogens (tertiary/aromatic N) is 2. The van der Waals surface area contributed by atoms with Crippen molar-refractivity contribution in [3.63, 3.8) is 0 Å². The van der Waals surface area contributed by atoms with E-state index in [0.29, 0.717) is 11.6 Å². The number of rotatable bonds is 4. The Kier molecular flexibility index (Phi) is 7.45. The molecular weight excluding hydrogens is 320 g/mol. The lowest BCUT2D eigenvalue weighted by Crippen LogP contribution is -2.43. The number of nitrogens with one attached hydrogen (secondary N) is 2. The summed E-state index contributed by atoms with van der Waals surface area (Å²) in [4.78, 5) is 18.5. The molecule has 1 aliphatic rings. The predicted octanol–water partition coefficient (Wildman–Crippen LogP) is 2.38. The van der Waals surface area contributed by atoms with Crippen LogP contribution in [0.5, 0.6) is 0 Å². The fourth-order valence-electron chi connectivity index (χ4n) is 2.03. The molecule has 1 amide bonds. The third-order valence-corrected chi connectivity index (χ3v) is 4.41. The third-order valence-electron chi connectivity index (χ3n) is 3.13. The van der Waals surface area contributed by atoms with Crippen molar-refractivity contribution in [3.8, 4) is 0 Å². The number of piperazine rings is 1. The number of pyridine rings is 1. The first-order chi connectivity index (χ1) is 9.94. The van der Waals surface area contributed by atoms with Crippen LogP contribution in [0.15, 0.2) is 18.3 Å². The number of carbonyl (C=O) groups is 1. The summed E-state index contributed by atoms with van der Waals surface area (Å²) in [6.45, 7) is 10.3. The summed E-state index contributed by atoms with van der Waals surface area (Å²) in [5, 5.41) is 6.17. The largest absolute Gasteiger partial charge is 0.368 e. The highest BCUT2D eigenvalue weighted by atomic mass is 35.5. The van der Waals surface area contributed by atoms with E-state index in [0.717, 1.165) is 31.9 Å². The molecule has 124 valence electrons. The number of hydrogen-bond donors (Lipinski definition) is 2. The molecule has 5 nitrogen and oxygen atoms in total. The lowest BCUT2D eigenvalue weighted by atomic mass is 10.3. The number of aromatic nitrogens is 1. The van der Waals surface area contributed by atoms with Gasteiger partial charge in [-0.05, 0) is 12.1 Å². The minimum absolute atomic E-state index is 0. The van der Waals surface area contributed by atoms with E-state index in [2.05, 4.69) is 41.3 Å². The van der Waals surface area contributed by atoms with Crippen LogP contribution >= 0.6 is 24.2 Å². The zero-order chi connectivity index (χ0) is 15.3. The second kappa shape index (κ2) is 8.60. The van der Waals surface area contributed by atoms with Gasteiger partial charge in [0.15, 0.2) is 0 Å². The number of thioether (sulfide) groups is 1. The van der Waals surface area contributed by atoms with Gasteiger partial charge in [0, 0.05) is 30.9 Å². The Morgan fingerprint density at radius 1 is 1.36 bits per heavy atom. The second-order valence-electron chi connectivity index (χ2n) is 6.09. The lowest BCUT2D eigenvalue weighted by molar-refractivity contribution is -0.113. The normalized spacial score (nSPS) is 15.1. The molecule has 1 aromatic heterocycles. The summed E-state index contributed by atoms with van der Waals surface area (Å²) in [5.74, 6) is 1.07. The molecule has 1 aliphatic heterocycles. The fraction of sp³-hybridized carbons (Fsp3) is 0.600. The highest BCUT2D eigenvalue weighted by Gasteiger charge is 2.14. The molecule has 0 spiro atoms. The van der Waals surface area contributed by atoms with Crippen molar-refractivity contribution < 1.29 is 4.79 Å². The first-order valence-corrected chi connectivity index (χ1v) is 8.28. The highest BCUT2D eigenvalue weighted by Crippen LogP contribution is 2.23. The Balaban J connectivity index is 0.00000242. The SMILES string of the molecule is CC(C)(C)SCC(=O)Nc1ccc(N2CCNCC2)cn1.Cl. The van der Waals surface area contributed by atoms with E-state index in [9.17, 15) is 4.79 Å². The summed E-state index contributed by atoms with van der Waals surface area (Å²) < 4.78 is 0.0942. The van der Waals surface area contributed by atoms with E-state index >= 15 is 0 Å². The predicted molar refractivity (Wildman–Crippen MR) is 97.4 cm³/mol. The maximum absolute atomic E-state index is 11.9. The summed E-state index contributed by atoms with van der Waals surface area (Å²) in [6, 6.07) is 3.89. The first-order valence-electron chi connectivity index (χ1n) is 7.29. The van der Waals surface area contributed by atoms with Gasteiger partial charge in [0.25, 0.3) is 0 Å². The molecule has 1 aromatic rings. The molecule has 22 heavy (non-hydrogen) atoms. The average molecular weight is 345 g/mol. The quantitative estimate of drug-likeness (QED) is 0.878. The molecule has 1 saturated heterocycles. The Hall–Kier alpha value is -0.980. The Morgan fingerprint density at radius 2 is 2.05 bits per heavy atom. The summed E-state index contributed by atoms with van der Waals surface area (Å²) in [5.41, 5.74) is 1.11. The topological polar surface area (TPSA) is 57.3 Å².